The molecule has 0 saturated heterocycles. The second-order valence-corrected chi connectivity index (χ2v) is 6.25. The van der Waals surface area contributed by atoms with Gasteiger partial charge in [-0.25, -0.2) is 9.97 Å². The summed E-state index contributed by atoms with van der Waals surface area (Å²) in [6.07, 6.45) is -3.11. The number of hydrogen-bond donors (Lipinski definition) is 2. The van der Waals surface area contributed by atoms with Gasteiger partial charge in [0, 0.05) is 17.5 Å². The molecule has 0 spiro atoms. The minimum absolute atomic E-state index is 0.0413. The van der Waals surface area contributed by atoms with E-state index in [1.54, 1.807) is 0 Å². The van der Waals surface area contributed by atoms with Gasteiger partial charge in [0.25, 0.3) is 0 Å². The van der Waals surface area contributed by atoms with Crippen LogP contribution in [0, 0.1) is 0 Å². The molecule has 2 aromatic carbocycles. The Labute approximate surface area is 152 Å². The fraction of sp³-hybridized carbons (Fsp3) is 0.167. The van der Waals surface area contributed by atoms with Gasteiger partial charge in [0.1, 0.15) is 6.33 Å². The maximum absolute atomic E-state index is 12.7. The summed E-state index contributed by atoms with van der Waals surface area (Å²) in [6.45, 7) is 0. The molecule has 1 unspecified atom stereocenters. The van der Waals surface area contributed by atoms with E-state index in [9.17, 15) is 18.0 Å². The van der Waals surface area contributed by atoms with Crippen LogP contribution in [-0.2, 0) is 11.0 Å². The highest BCUT2D eigenvalue weighted by molar-refractivity contribution is 7.80. The number of halogens is 3. The van der Waals surface area contributed by atoms with Crippen molar-refractivity contribution >= 4 is 35.1 Å². The predicted octanol–water partition coefficient (Wildman–Crippen LogP) is 4.65. The maximum atomic E-state index is 12.7. The maximum Gasteiger partial charge on any atom is 0.416 e. The average Bonchev–Trinajstić information content (AvgIpc) is 2.60. The zero-order chi connectivity index (χ0) is 18.7. The van der Waals surface area contributed by atoms with Crippen molar-refractivity contribution in [3.63, 3.8) is 0 Å². The molecule has 0 radical (unpaired) electrons. The summed E-state index contributed by atoms with van der Waals surface area (Å²) < 4.78 is 38.2. The summed E-state index contributed by atoms with van der Waals surface area (Å²) in [5.74, 6) is -0.452. The van der Waals surface area contributed by atoms with E-state index in [0.717, 1.165) is 23.0 Å². The van der Waals surface area contributed by atoms with E-state index < -0.39 is 22.9 Å². The number of aromatic nitrogens is 2. The standard InChI is InChI=1S/C18H14F3N3OS/c19-18(20,21)11-4-3-5-12(8-11)24-16(25)9-15(26)17-13-6-1-2-7-14(13)22-10-23-17/h1-8,10,15,26H,9H2,(H,24,25). The van der Waals surface area contributed by atoms with Crippen LogP contribution >= 0.6 is 12.6 Å². The first-order valence-corrected chi connectivity index (χ1v) is 8.21. The molecule has 3 rings (SSSR count). The Hall–Kier alpha value is -2.61. The third-order valence-corrected chi connectivity index (χ3v) is 4.17. The summed E-state index contributed by atoms with van der Waals surface area (Å²) in [6, 6.07) is 11.8. The number of carbonyl (C=O) groups excluding carboxylic acids is 1. The van der Waals surface area contributed by atoms with Gasteiger partial charge in [-0.2, -0.15) is 25.8 Å². The Morgan fingerprint density at radius 3 is 2.65 bits per heavy atom. The molecule has 0 aliphatic carbocycles. The topological polar surface area (TPSA) is 54.9 Å². The van der Waals surface area contributed by atoms with Crippen LogP contribution in [0.5, 0.6) is 0 Å². The normalized spacial score (nSPS) is 12.8. The van der Waals surface area contributed by atoms with E-state index >= 15 is 0 Å². The quantitative estimate of drug-likeness (QED) is 0.651. The number of carbonyl (C=O) groups is 1. The van der Waals surface area contributed by atoms with Gasteiger partial charge in [-0.05, 0) is 24.3 Å². The Kier molecular flexibility index (Phi) is 5.13. The van der Waals surface area contributed by atoms with Gasteiger partial charge in [-0.15, -0.1) is 0 Å². The van der Waals surface area contributed by atoms with Crippen molar-refractivity contribution in [2.24, 2.45) is 0 Å². The number of hydrogen-bond acceptors (Lipinski definition) is 4. The van der Waals surface area contributed by atoms with E-state index in [1.807, 2.05) is 24.3 Å². The van der Waals surface area contributed by atoms with Crippen LogP contribution in [0.3, 0.4) is 0 Å². The molecule has 3 aromatic rings. The van der Waals surface area contributed by atoms with Crippen LogP contribution in [0.2, 0.25) is 0 Å². The summed E-state index contributed by atoms with van der Waals surface area (Å²) >= 11 is 4.44. The lowest BCUT2D eigenvalue weighted by atomic mass is 10.1. The van der Waals surface area contributed by atoms with Crippen LogP contribution < -0.4 is 5.32 Å². The summed E-state index contributed by atoms with van der Waals surface area (Å²) in [4.78, 5) is 20.6. The van der Waals surface area contributed by atoms with E-state index in [-0.39, 0.29) is 12.1 Å². The largest absolute Gasteiger partial charge is 0.416 e. The molecule has 1 aromatic heterocycles. The van der Waals surface area contributed by atoms with Crippen molar-refractivity contribution in [3.05, 3.63) is 66.1 Å². The SMILES string of the molecule is O=C(CC(S)c1ncnc2ccccc12)Nc1cccc(C(F)(F)F)c1. The number of nitrogens with one attached hydrogen (secondary N) is 1. The van der Waals surface area contributed by atoms with Crippen LogP contribution in [-0.4, -0.2) is 15.9 Å². The molecule has 0 fully saturated rings. The Morgan fingerprint density at radius 1 is 1.12 bits per heavy atom. The predicted molar refractivity (Wildman–Crippen MR) is 96.0 cm³/mol. The number of alkyl halides is 3. The van der Waals surface area contributed by atoms with E-state index in [0.29, 0.717) is 5.69 Å². The second-order valence-electron chi connectivity index (χ2n) is 5.62. The van der Waals surface area contributed by atoms with Crippen LogP contribution in [0.1, 0.15) is 22.9 Å². The van der Waals surface area contributed by atoms with Crippen molar-refractivity contribution in [2.45, 2.75) is 17.8 Å². The van der Waals surface area contributed by atoms with Gasteiger partial charge >= 0.3 is 6.18 Å². The van der Waals surface area contributed by atoms with Gasteiger partial charge < -0.3 is 5.32 Å². The lowest BCUT2D eigenvalue weighted by molar-refractivity contribution is -0.137. The monoisotopic (exact) mass is 377 g/mol. The van der Waals surface area contributed by atoms with Crippen LogP contribution in [0.25, 0.3) is 10.9 Å². The lowest BCUT2D eigenvalue weighted by Crippen LogP contribution is -2.15. The molecule has 1 atom stereocenters. The molecule has 1 amide bonds. The van der Waals surface area contributed by atoms with Crippen LogP contribution in [0.4, 0.5) is 18.9 Å². The smallest absolute Gasteiger partial charge is 0.326 e. The molecule has 4 nitrogen and oxygen atoms in total. The minimum atomic E-state index is -4.47. The fourth-order valence-corrected chi connectivity index (χ4v) is 2.92. The highest BCUT2D eigenvalue weighted by atomic mass is 32.1. The molecule has 134 valence electrons. The number of benzene rings is 2. The van der Waals surface area contributed by atoms with Crippen molar-refractivity contribution in [2.75, 3.05) is 5.32 Å². The van der Waals surface area contributed by atoms with Gasteiger partial charge in [0.15, 0.2) is 0 Å². The third kappa shape index (κ3) is 4.13. The molecule has 0 aliphatic heterocycles. The first kappa shape index (κ1) is 18.2. The molecule has 0 bridgehead atoms. The number of rotatable bonds is 4. The minimum Gasteiger partial charge on any atom is -0.326 e. The van der Waals surface area contributed by atoms with Gasteiger partial charge in [-0.1, -0.05) is 24.3 Å². The third-order valence-electron chi connectivity index (χ3n) is 3.74. The molecular weight excluding hydrogens is 363 g/mol. The summed E-state index contributed by atoms with van der Waals surface area (Å²) in [5.41, 5.74) is 0.588. The molecule has 0 aliphatic rings. The zero-order valence-corrected chi connectivity index (χ0v) is 14.3. The van der Waals surface area contributed by atoms with E-state index in [1.165, 1.54) is 18.5 Å². The summed E-state index contributed by atoms with van der Waals surface area (Å²) in [7, 11) is 0. The number of para-hydroxylation sites is 1. The van der Waals surface area contributed by atoms with Crippen molar-refractivity contribution in [3.8, 4) is 0 Å². The van der Waals surface area contributed by atoms with Gasteiger partial charge in [0.2, 0.25) is 5.91 Å². The van der Waals surface area contributed by atoms with Gasteiger partial charge in [0.05, 0.1) is 22.0 Å². The number of nitrogens with zero attached hydrogens (tertiary/aromatic N) is 2. The zero-order valence-electron chi connectivity index (χ0n) is 13.4. The van der Waals surface area contributed by atoms with Crippen molar-refractivity contribution < 1.29 is 18.0 Å². The molecule has 8 heteroatoms. The molecular formula is C18H14F3N3OS. The first-order chi connectivity index (χ1) is 12.3. The summed E-state index contributed by atoms with van der Waals surface area (Å²) in [5, 5.41) is 2.73. The van der Waals surface area contributed by atoms with E-state index in [4.69, 9.17) is 0 Å². The Balaban J connectivity index is 1.74. The molecule has 26 heavy (non-hydrogen) atoms. The highest BCUT2D eigenvalue weighted by Gasteiger charge is 2.30. The average molecular weight is 377 g/mol. The number of fused-ring (bicyclic) bond motifs is 1. The van der Waals surface area contributed by atoms with E-state index in [2.05, 4.69) is 27.9 Å². The fourth-order valence-electron chi connectivity index (χ4n) is 2.55. The highest BCUT2D eigenvalue weighted by Crippen LogP contribution is 2.31. The van der Waals surface area contributed by atoms with Crippen molar-refractivity contribution in [1.29, 1.82) is 0 Å². The molecule has 1 heterocycles. The Morgan fingerprint density at radius 2 is 1.88 bits per heavy atom. The molecule has 0 saturated carbocycles. The van der Waals surface area contributed by atoms with Crippen molar-refractivity contribution in [1.82, 2.24) is 9.97 Å². The number of anilines is 1. The number of amides is 1. The van der Waals surface area contributed by atoms with Crippen LogP contribution in [0.15, 0.2) is 54.9 Å². The Bertz CT molecular complexity index is 941. The lowest BCUT2D eigenvalue weighted by Gasteiger charge is -2.13. The van der Waals surface area contributed by atoms with Gasteiger partial charge in [-0.3, -0.25) is 4.79 Å². The second kappa shape index (κ2) is 7.33. The first-order valence-electron chi connectivity index (χ1n) is 7.69. The number of thiol groups is 1. The molecule has 1 N–H and O–H groups in total.